The summed E-state index contributed by atoms with van der Waals surface area (Å²) in [5, 5.41) is 5.90. The van der Waals surface area contributed by atoms with E-state index in [2.05, 4.69) is 27.8 Å². The zero-order chi connectivity index (χ0) is 20.6. The van der Waals surface area contributed by atoms with Crippen LogP contribution >= 0.6 is 23.1 Å². The molecule has 3 aromatic rings. The van der Waals surface area contributed by atoms with E-state index in [4.69, 9.17) is 0 Å². The summed E-state index contributed by atoms with van der Waals surface area (Å²) in [7, 11) is 0. The summed E-state index contributed by atoms with van der Waals surface area (Å²) in [6.07, 6.45) is 2.58. The first-order valence-corrected chi connectivity index (χ1v) is 11.1. The monoisotopic (exact) mass is 425 g/mol. The van der Waals surface area contributed by atoms with E-state index in [9.17, 15) is 9.59 Å². The van der Waals surface area contributed by atoms with Crippen molar-refractivity contribution in [3.63, 3.8) is 0 Å². The van der Waals surface area contributed by atoms with Gasteiger partial charge in [-0.1, -0.05) is 48.0 Å². The van der Waals surface area contributed by atoms with E-state index >= 15 is 0 Å². The predicted molar refractivity (Wildman–Crippen MR) is 122 cm³/mol. The average molecular weight is 426 g/mol. The molecular weight excluding hydrogens is 402 g/mol. The first-order chi connectivity index (χ1) is 14.0. The summed E-state index contributed by atoms with van der Waals surface area (Å²) >= 11 is 2.77. The zero-order valence-electron chi connectivity index (χ0n) is 16.3. The number of aryl methyl sites for hydroxylation is 1. The number of benzene rings is 2. The van der Waals surface area contributed by atoms with Gasteiger partial charge >= 0.3 is 0 Å². The summed E-state index contributed by atoms with van der Waals surface area (Å²) in [6, 6.07) is 17.8. The van der Waals surface area contributed by atoms with Gasteiger partial charge in [-0.2, -0.15) is 0 Å². The molecule has 1 atom stereocenters. The molecular formula is C22H23N3O2S2. The Balaban J connectivity index is 1.44. The van der Waals surface area contributed by atoms with Gasteiger partial charge < -0.3 is 10.6 Å². The highest BCUT2D eigenvalue weighted by atomic mass is 32.2. The minimum absolute atomic E-state index is 0.127. The number of thiazole rings is 1. The van der Waals surface area contributed by atoms with Crippen LogP contribution in [0.5, 0.6) is 0 Å². The number of nitrogens with zero attached hydrogens (tertiary/aromatic N) is 1. The molecule has 29 heavy (non-hydrogen) atoms. The molecule has 0 spiro atoms. The maximum Gasteiger partial charge on any atom is 0.239 e. The molecule has 0 radical (unpaired) electrons. The van der Waals surface area contributed by atoms with Gasteiger partial charge in [0.2, 0.25) is 11.8 Å². The van der Waals surface area contributed by atoms with Crippen molar-refractivity contribution in [1.29, 1.82) is 0 Å². The summed E-state index contributed by atoms with van der Waals surface area (Å²) in [4.78, 5) is 29.9. The lowest BCUT2D eigenvalue weighted by Gasteiger charge is -2.11. The van der Waals surface area contributed by atoms with E-state index in [0.29, 0.717) is 5.13 Å². The lowest BCUT2D eigenvalue weighted by Crippen LogP contribution is -2.24. The number of amides is 2. The normalized spacial score (nSPS) is 11.7. The van der Waals surface area contributed by atoms with Crippen molar-refractivity contribution in [3.8, 4) is 0 Å². The zero-order valence-corrected chi connectivity index (χ0v) is 18.0. The van der Waals surface area contributed by atoms with Crippen molar-refractivity contribution in [1.82, 2.24) is 4.98 Å². The van der Waals surface area contributed by atoms with Crippen LogP contribution < -0.4 is 10.6 Å². The molecule has 0 aliphatic heterocycles. The molecule has 1 heterocycles. The van der Waals surface area contributed by atoms with Gasteiger partial charge in [-0.05, 0) is 31.5 Å². The van der Waals surface area contributed by atoms with Gasteiger partial charge in [-0.25, -0.2) is 4.98 Å². The van der Waals surface area contributed by atoms with Gasteiger partial charge in [-0.3, -0.25) is 9.59 Å². The molecule has 2 aromatic carbocycles. The molecule has 2 N–H and O–H groups in total. The largest absolute Gasteiger partial charge is 0.325 e. The van der Waals surface area contributed by atoms with E-state index in [0.717, 1.165) is 22.5 Å². The van der Waals surface area contributed by atoms with Gasteiger partial charge in [0.05, 0.1) is 11.0 Å². The Bertz CT molecular complexity index is 956. The van der Waals surface area contributed by atoms with Crippen LogP contribution in [0.2, 0.25) is 0 Å². The lowest BCUT2D eigenvalue weighted by atomic mass is 10.1. The number of rotatable bonds is 8. The van der Waals surface area contributed by atoms with Gasteiger partial charge in [0.25, 0.3) is 0 Å². The molecule has 0 bridgehead atoms. The number of hydrogen-bond acceptors (Lipinski definition) is 5. The smallest absolute Gasteiger partial charge is 0.239 e. The van der Waals surface area contributed by atoms with Crippen molar-refractivity contribution in [2.24, 2.45) is 0 Å². The molecule has 2 amide bonds. The van der Waals surface area contributed by atoms with E-state index in [1.54, 1.807) is 13.1 Å². The van der Waals surface area contributed by atoms with E-state index < -0.39 is 0 Å². The summed E-state index contributed by atoms with van der Waals surface area (Å²) < 4.78 is 0. The molecule has 1 aromatic heterocycles. The van der Waals surface area contributed by atoms with Gasteiger partial charge in [-0.15, -0.1) is 23.1 Å². The van der Waals surface area contributed by atoms with Gasteiger partial charge in [0.1, 0.15) is 0 Å². The maximum atomic E-state index is 12.4. The summed E-state index contributed by atoms with van der Waals surface area (Å²) in [5.41, 5.74) is 3.10. The lowest BCUT2D eigenvalue weighted by molar-refractivity contribution is -0.115. The Morgan fingerprint density at radius 1 is 1.07 bits per heavy atom. The number of carbonyl (C=O) groups is 2. The third-order valence-electron chi connectivity index (χ3n) is 4.17. The highest BCUT2D eigenvalue weighted by Crippen LogP contribution is 2.22. The molecule has 7 heteroatoms. The van der Waals surface area contributed by atoms with E-state index in [1.165, 1.54) is 28.7 Å². The summed E-state index contributed by atoms with van der Waals surface area (Å²) in [6.45, 7) is 3.78. The first-order valence-electron chi connectivity index (χ1n) is 9.27. The van der Waals surface area contributed by atoms with Crippen molar-refractivity contribution in [3.05, 3.63) is 76.8 Å². The van der Waals surface area contributed by atoms with Crippen LogP contribution in [0.3, 0.4) is 0 Å². The Kier molecular flexibility index (Phi) is 7.43. The van der Waals surface area contributed by atoms with Gasteiger partial charge in [0.15, 0.2) is 5.13 Å². The molecule has 5 nitrogen and oxygen atoms in total. The van der Waals surface area contributed by atoms with Crippen LogP contribution in [0, 0.1) is 6.92 Å². The number of nitrogens with one attached hydrogen (secondary N) is 2. The number of anilines is 2. The van der Waals surface area contributed by atoms with Crippen LogP contribution in [0.4, 0.5) is 10.8 Å². The van der Waals surface area contributed by atoms with E-state index in [1.807, 2.05) is 49.4 Å². The van der Waals surface area contributed by atoms with Crippen molar-refractivity contribution in [2.75, 3.05) is 16.4 Å². The minimum Gasteiger partial charge on any atom is -0.325 e. The van der Waals surface area contributed by atoms with Crippen molar-refractivity contribution >= 4 is 45.7 Å². The Hall–Kier alpha value is -2.64. The SMILES string of the molecule is Cc1ccc(NC(=O)CSC(C)C(=O)Nc2ncc(Cc3ccccc3)s2)cc1. The minimum atomic E-state index is -0.361. The molecule has 0 aliphatic rings. The van der Waals surface area contributed by atoms with Crippen LogP contribution in [0.25, 0.3) is 0 Å². The fraction of sp³-hybridized carbons (Fsp3) is 0.227. The fourth-order valence-corrected chi connectivity index (χ4v) is 4.09. The molecule has 0 aliphatic carbocycles. The van der Waals surface area contributed by atoms with Gasteiger partial charge in [0, 0.05) is 23.2 Å². The molecule has 1 unspecified atom stereocenters. The topological polar surface area (TPSA) is 71.1 Å². The summed E-state index contributed by atoms with van der Waals surface area (Å²) in [5.74, 6) is -0.0730. The van der Waals surface area contributed by atoms with Crippen LogP contribution in [-0.4, -0.2) is 27.8 Å². The molecule has 0 fully saturated rings. The number of hydrogen-bond donors (Lipinski definition) is 2. The highest BCUT2D eigenvalue weighted by Gasteiger charge is 2.17. The number of thioether (sulfide) groups is 1. The standard InChI is InChI=1S/C22H23N3O2S2/c1-15-8-10-18(11-9-15)24-20(26)14-28-16(2)21(27)25-22-23-13-19(29-22)12-17-6-4-3-5-7-17/h3-11,13,16H,12,14H2,1-2H3,(H,24,26)(H,23,25,27). The Morgan fingerprint density at radius 3 is 2.52 bits per heavy atom. The predicted octanol–water partition coefficient (Wildman–Crippen LogP) is 4.74. The molecule has 3 rings (SSSR count). The van der Waals surface area contributed by atoms with E-state index in [-0.39, 0.29) is 22.8 Å². The Morgan fingerprint density at radius 2 is 1.79 bits per heavy atom. The molecule has 150 valence electrons. The molecule has 0 saturated heterocycles. The number of aromatic nitrogens is 1. The second-order valence-electron chi connectivity index (χ2n) is 6.65. The average Bonchev–Trinajstić information content (AvgIpc) is 3.15. The molecule has 0 saturated carbocycles. The third-order valence-corrected chi connectivity index (χ3v) is 6.23. The fourth-order valence-electron chi connectivity index (χ4n) is 2.56. The second kappa shape index (κ2) is 10.2. The van der Waals surface area contributed by atoms with Crippen LogP contribution in [-0.2, 0) is 16.0 Å². The highest BCUT2D eigenvalue weighted by molar-refractivity contribution is 8.01. The first kappa shape index (κ1) is 21.1. The maximum absolute atomic E-state index is 12.4. The number of carbonyl (C=O) groups excluding carboxylic acids is 2. The third kappa shape index (κ3) is 6.73. The van der Waals surface area contributed by atoms with Crippen LogP contribution in [0.1, 0.15) is 22.9 Å². The van der Waals surface area contributed by atoms with Crippen molar-refractivity contribution in [2.45, 2.75) is 25.5 Å². The quantitative estimate of drug-likeness (QED) is 0.547. The van der Waals surface area contributed by atoms with Crippen molar-refractivity contribution < 1.29 is 9.59 Å². The Labute approximate surface area is 179 Å². The second-order valence-corrected chi connectivity index (χ2v) is 9.10. The van der Waals surface area contributed by atoms with Crippen LogP contribution in [0.15, 0.2) is 60.8 Å².